The summed E-state index contributed by atoms with van der Waals surface area (Å²) in [6, 6.07) is 48.9. The van der Waals surface area contributed by atoms with Crippen molar-refractivity contribution in [2.75, 3.05) is 0 Å². The second kappa shape index (κ2) is 9.48. The summed E-state index contributed by atoms with van der Waals surface area (Å²) < 4.78 is 4.50. The molecular formula is C39H24N4. The molecule has 8 aromatic rings. The largest absolute Gasteiger partial charge is 0.309 e. The Hall–Kier alpha value is -6.10. The maximum atomic E-state index is 10.2. The van der Waals surface area contributed by atoms with Crippen molar-refractivity contribution in [2.24, 2.45) is 0 Å². The molecule has 2 aromatic heterocycles. The molecule has 4 nitrogen and oxygen atoms in total. The molecule has 0 N–H and O–H groups in total. The number of fused-ring (bicyclic) bond motifs is 6. The van der Waals surface area contributed by atoms with Crippen LogP contribution in [0, 0.1) is 29.6 Å². The fourth-order valence-corrected chi connectivity index (χ4v) is 6.66. The summed E-state index contributed by atoms with van der Waals surface area (Å²) in [5.74, 6) is 0. The van der Waals surface area contributed by atoms with Gasteiger partial charge >= 0.3 is 0 Å². The molecule has 2 heterocycles. The van der Waals surface area contributed by atoms with Gasteiger partial charge in [0.25, 0.3) is 0 Å². The van der Waals surface area contributed by atoms with E-state index in [1.54, 1.807) is 0 Å². The third kappa shape index (κ3) is 3.54. The lowest BCUT2D eigenvalue weighted by Gasteiger charge is -2.13. The fourth-order valence-electron chi connectivity index (χ4n) is 6.66. The second-order valence-corrected chi connectivity index (χ2v) is 10.8. The van der Waals surface area contributed by atoms with Crippen LogP contribution in [0.4, 0.5) is 0 Å². The van der Waals surface area contributed by atoms with Gasteiger partial charge in [-0.2, -0.15) is 10.5 Å². The van der Waals surface area contributed by atoms with Gasteiger partial charge < -0.3 is 9.13 Å². The number of hydrogen-bond acceptors (Lipinski definition) is 2. The minimum atomic E-state index is 0.516. The molecule has 43 heavy (non-hydrogen) atoms. The Morgan fingerprint density at radius 3 is 1.98 bits per heavy atom. The van der Waals surface area contributed by atoms with Crippen LogP contribution >= 0.6 is 0 Å². The van der Waals surface area contributed by atoms with Crippen LogP contribution in [0.2, 0.25) is 0 Å². The highest BCUT2D eigenvalue weighted by molar-refractivity contribution is 6.17. The number of benzene rings is 6. The normalized spacial score (nSPS) is 11.3. The minimum Gasteiger partial charge on any atom is -0.309 e. The molecule has 0 fully saturated rings. The van der Waals surface area contributed by atoms with Gasteiger partial charge in [0.2, 0.25) is 0 Å². The topological polar surface area (TPSA) is 57.4 Å². The first-order valence-corrected chi connectivity index (χ1v) is 14.2. The Bertz CT molecular complexity index is 2480. The maximum Gasteiger partial charge on any atom is 0.102 e. The predicted octanol–water partition coefficient (Wildman–Crippen LogP) is 9.60. The molecule has 200 valence electrons. The molecular weight excluding hydrogens is 524 g/mol. The standard InChI is InChI=1S/C39H24N4/c1-25-27(23-40)19-21-37(33(25)24-41)43-35-16-8-6-13-31(35)39-29(14-9-17-38(39)43)26-18-20-36-32(22-26)30-12-5-7-15-34(30)42(36)28-10-3-2-4-11-28/h2-22H,1H3. The van der Waals surface area contributed by atoms with Gasteiger partial charge in [-0.3, -0.25) is 0 Å². The highest BCUT2D eigenvalue weighted by atomic mass is 15.0. The number of rotatable bonds is 3. The van der Waals surface area contributed by atoms with E-state index in [0.29, 0.717) is 16.7 Å². The van der Waals surface area contributed by atoms with Gasteiger partial charge in [0.05, 0.1) is 45.0 Å². The summed E-state index contributed by atoms with van der Waals surface area (Å²) in [6.07, 6.45) is 0. The van der Waals surface area contributed by atoms with Crippen LogP contribution in [-0.4, -0.2) is 9.13 Å². The number of aromatic nitrogens is 2. The van der Waals surface area contributed by atoms with E-state index in [1.807, 2.05) is 31.2 Å². The number of hydrogen-bond donors (Lipinski definition) is 0. The Morgan fingerprint density at radius 2 is 1.21 bits per heavy atom. The van der Waals surface area contributed by atoms with Crippen LogP contribution in [0.3, 0.4) is 0 Å². The monoisotopic (exact) mass is 548 g/mol. The summed E-state index contributed by atoms with van der Waals surface area (Å²) in [5.41, 5.74) is 10.3. The zero-order valence-corrected chi connectivity index (χ0v) is 23.4. The molecule has 6 aromatic carbocycles. The van der Waals surface area contributed by atoms with Crippen LogP contribution in [0.5, 0.6) is 0 Å². The molecule has 0 atom stereocenters. The third-order valence-electron chi connectivity index (χ3n) is 8.61. The first kappa shape index (κ1) is 24.7. The summed E-state index contributed by atoms with van der Waals surface area (Å²) in [7, 11) is 0. The van der Waals surface area contributed by atoms with Gasteiger partial charge in [-0.1, -0.05) is 72.8 Å². The first-order chi connectivity index (χ1) is 21.2. The molecule has 0 spiro atoms. The molecule has 0 unspecified atom stereocenters. The highest BCUT2D eigenvalue weighted by Crippen LogP contribution is 2.41. The average Bonchev–Trinajstić information content (AvgIpc) is 3.57. The quantitative estimate of drug-likeness (QED) is 0.221. The molecule has 0 saturated carbocycles. The maximum absolute atomic E-state index is 10.2. The minimum absolute atomic E-state index is 0.516. The highest BCUT2D eigenvalue weighted by Gasteiger charge is 2.20. The Balaban J connectivity index is 1.43. The Kier molecular flexibility index (Phi) is 5.44. The van der Waals surface area contributed by atoms with Crippen LogP contribution in [0.15, 0.2) is 127 Å². The predicted molar refractivity (Wildman–Crippen MR) is 175 cm³/mol. The van der Waals surface area contributed by atoms with Gasteiger partial charge in [0.15, 0.2) is 0 Å². The van der Waals surface area contributed by atoms with Crippen LogP contribution in [-0.2, 0) is 0 Å². The van der Waals surface area contributed by atoms with Crippen molar-refractivity contribution in [3.63, 3.8) is 0 Å². The van der Waals surface area contributed by atoms with Crippen molar-refractivity contribution >= 4 is 43.6 Å². The van der Waals surface area contributed by atoms with Crippen molar-refractivity contribution in [1.29, 1.82) is 10.5 Å². The molecule has 0 aliphatic rings. The van der Waals surface area contributed by atoms with E-state index in [9.17, 15) is 10.5 Å². The number of nitriles is 2. The van der Waals surface area contributed by atoms with Gasteiger partial charge in [0.1, 0.15) is 6.07 Å². The van der Waals surface area contributed by atoms with Crippen LogP contribution in [0.1, 0.15) is 16.7 Å². The van der Waals surface area contributed by atoms with Gasteiger partial charge in [-0.15, -0.1) is 0 Å². The second-order valence-electron chi connectivity index (χ2n) is 10.8. The molecule has 0 amide bonds. The zero-order valence-electron chi connectivity index (χ0n) is 23.4. The number of nitrogens with zero attached hydrogens (tertiary/aromatic N) is 4. The van der Waals surface area contributed by atoms with E-state index in [1.165, 1.54) is 16.3 Å². The van der Waals surface area contributed by atoms with Crippen LogP contribution in [0.25, 0.3) is 66.1 Å². The lowest BCUT2D eigenvalue weighted by atomic mass is 9.98. The Morgan fingerprint density at radius 1 is 0.535 bits per heavy atom. The van der Waals surface area contributed by atoms with E-state index in [2.05, 4.69) is 124 Å². The molecule has 0 aliphatic heterocycles. The molecule has 8 rings (SSSR count). The van der Waals surface area contributed by atoms with E-state index < -0.39 is 0 Å². The van der Waals surface area contributed by atoms with Crippen molar-refractivity contribution in [2.45, 2.75) is 6.92 Å². The molecule has 0 bridgehead atoms. The van der Waals surface area contributed by atoms with Crippen molar-refractivity contribution in [1.82, 2.24) is 9.13 Å². The molecule has 0 aliphatic carbocycles. The third-order valence-corrected chi connectivity index (χ3v) is 8.61. The summed E-state index contributed by atoms with van der Waals surface area (Å²) >= 11 is 0. The molecule has 4 heteroatoms. The summed E-state index contributed by atoms with van der Waals surface area (Å²) in [5, 5.41) is 24.5. The Labute approximate surface area is 248 Å². The molecule has 0 saturated heterocycles. The van der Waals surface area contributed by atoms with Gasteiger partial charge in [-0.25, -0.2) is 0 Å². The van der Waals surface area contributed by atoms with Crippen molar-refractivity contribution in [3.8, 4) is 34.6 Å². The van der Waals surface area contributed by atoms with Crippen molar-refractivity contribution < 1.29 is 0 Å². The summed E-state index contributed by atoms with van der Waals surface area (Å²) in [4.78, 5) is 0. The lowest BCUT2D eigenvalue weighted by molar-refractivity contribution is 1.15. The smallest absolute Gasteiger partial charge is 0.102 e. The molecule has 0 radical (unpaired) electrons. The van der Waals surface area contributed by atoms with Gasteiger partial charge in [-0.05, 0) is 78.2 Å². The van der Waals surface area contributed by atoms with Crippen molar-refractivity contribution in [3.05, 3.63) is 144 Å². The van der Waals surface area contributed by atoms with E-state index >= 15 is 0 Å². The number of para-hydroxylation sites is 3. The first-order valence-electron chi connectivity index (χ1n) is 14.2. The van der Waals surface area contributed by atoms with Gasteiger partial charge in [0, 0.05) is 27.2 Å². The van der Waals surface area contributed by atoms with Crippen LogP contribution < -0.4 is 0 Å². The van der Waals surface area contributed by atoms with E-state index in [-0.39, 0.29) is 0 Å². The zero-order chi connectivity index (χ0) is 29.1. The SMILES string of the molecule is Cc1c(C#N)ccc(-n2c3ccccc3c3c(-c4ccc5c(c4)c4ccccc4n5-c4ccccc4)cccc32)c1C#N. The fraction of sp³-hybridized carbons (Fsp3) is 0.0256. The van der Waals surface area contributed by atoms with E-state index in [4.69, 9.17) is 0 Å². The van der Waals surface area contributed by atoms with E-state index in [0.717, 1.165) is 49.8 Å². The summed E-state index contributed by atoms with van der Waals surface area (Å²) in [6.45, 7) is 1.85. The lowest BCUT2D eigenvalue weighted by Crippen LogP contribution is -2.01. The average molecular weight is 549 g/mol.